The standard InChI is InChI=1S/C15H18N2O/c1-10-5-3-6-11-12(9-16-14(10)11)15(18)13-7-4-8-17(13)2/h3,5-6,9,13,16H,4,7-8H2,1-2H3/t13-/m1/s1. The first kappa shape index (κ1) is 11.5. The van der Waals surface area contributed by atoms with Gasteiger partial charge >= 0.3 is 0 Å². The second-order valence-corrected chi connectivity index (χ2v) is 5.20. The molecule has 0 amide bonds. The van der Waals surface area contributed by atoms with Gasteiger partial charge in [-0.1, -0.05) is 18.2 Å². The largest absolute Gasteiger partial charge is 0.360 e. The number of likely N-dealkylation sites (tertiary alicyclic amines) is 1. The number of H-pyrrole nitrogens is 1. The van der Waals surface area contributed by atoms with Crippen molar-refractivity contribution in [2.24, 2.45) is 0 Å². The Hall–Kier alpha value is -1.61. The topological polar surface area (TPSA) is 36.1 Å². The molecule has 0 saturated carbocycles. The molecular formula is C15H18N2O. The van der Waals surface area contributed by atoms with Crippen LogP contribution in [-0.2, 0) is 0 Å². The van der Waals surface area contributed by atoms with E-state index in [9.17, 15) is 4.79 Å². The maximum absolute atomic E-state index is 12.6. The SMILES string of the molecule is Cc1cccc2c(C(=O)[C@H]3CCCN3C)c[nH]c12. The van der Waals surface area contributed by atoms with Crippen molar-refractivity contribution in [1.29, 1.82) is 0 Å². The lowest BCUT2D eigenvalue weighted by molar-refractivity contribution is 0.0892. The number of rotatable bonds is 2. The molecule has 0 unspecified atom stereocenters. The van der Waals surface area contributed by atoms with E-state index in [1.807, 2.05) is 25.4 Å². The maximum atomic E-state index is 12.6. The number of nitrogens with zero attached hydrogens (tertiary/aromatic N) is 1. The van der Waals surface area contributed by atoms with E-state index < -0.39 is 0 Å². The molecule has 1 aromatic carbocycles. The molecule has 0 spiro atoms. The van der Waals surface area contributed by atoms with Gasteiger partial charge in [0.25, 0.3) is 0 Å². The van der Waals surface area contributed by atoms with Gasteiger partial charge in [0, 0.05) is 22.7 Å². The van der Waals surface area contributed by atoms with Gasteiger partial charge in [0.2, 0.25) is 0 Å². The molecular weight excluding hydrogens is 224 g/mol. The monoisotopic (exact) mass is 242 g/mol. The van der Waals surface area contributed by atoms with Gasteiger partial charge in [0.1, 0.15) is 0 Å². The molecule has 18 heavy (non-hydrogen) atoms. The van der Waals surface area contributed by atoms with Gasteiger partial charge in [-0.15, -0.1) is 0 Å². The number of hydrogen-bond donors (Lipinski definition) is 1. The molecule has 0 aliphatic carbocycles. The molecule has 0 bridgehead atoms. The van der Waals surface area contributed by atoms with Gasteiger partial charge in [-0.25, -0.2) is 0 Å². The number of Topliss-reactive ketones (excluding diaryl/α,β-unsaturated/α-hetero) is 1. The van der Waals surface area contributed by atoms with Gasteiger partial charge in [0.15, 0.2) is 5.78 Å². The number of nitrogens with one attached hydrogen (secondary N) is 1. The number of aromatic nitrogens is 1. The van der Waals surface area contributed by atoms with E-state index >= 15 is 0 Å². The van der Waals surface area contributed by atoms with E-state index in [1.165, 1.54) is 5.56 Å². The normalized spacial score (nSPS) is 20.7. The van der Waals surface area contributed by atoms with Gasteiger partial charge < -0.3 is 4.98 Å². The molecule has 1 aliphatic rings. The second kappa shape index (κ2) is 4.25. The molecule has 1 fully saturated rings. The van der Waals surface area contributed by atoms with Crippen LogP contribution >= 0.6 is 0 Å². The van der Waals surface area contributed by atoms with Crippen molar-refractivity contribution in [1.82, 2.24) is 9.88 Å². The fourth-order valence-electron chi connectivity index (χ4n) is 2.93. The van der Waals surface area contributed by atoms with E-state index in [0.717, 1.165) is 35.9 Å². The Balaban J connectivity index is 2.04. The number of ketones is 1. The lowest BCUT2D eigenvalue weighted by Gasteiger charge is -2.17. The highest BCUT2D eigenvalue weighted by atomic mass is 16.1. The third kappa shape index (κ3) is 1.66. The fourth-order valence-corrected chi connectivity index (χ4v) is 2.93. The molecule has 3 nitrogen and oxygen atoms in total. The zero-order valence-corrected chi connectivity index (χ0v) is 10.9. The minimum Gasteiger partial charge on any atom is -0.360 e. The van der Waals surface area contributed by atoms with Crippen LogP contribution in [0.4, 0.5) is 0 Å². The highest BCUT2D eigenvalue weighted by Crippen LogP contribution is 2.26. The van der Waals surface area contributed by atoms with Gasteiger partial charge in [-0.2, -0.15) is 0 Å². The zero-order chi connectivity index (χ0) is 12.7. The van der Waals surface area contributed by atoms with Gasteiger partial charge in [0.05, 0.1) is 6.04 Å². The van der Waals surface area contributed by atoms with Crippen LogP contribution in [0, 0.1) is 6.92 Å². The van der Waals surface area contributed by atoms with Crippen molar-refractivity contribution in [3.8, 4) is 0 Å². The van der Waals surface area contributed by atoms with Crippen LogP contribution in [-0.4, -0.2) is 35.3 Å². The Morgan fingerprint density at radius 1 is 1.44 bits per heavy atom. The smallest absolute Gasteiger partial charge is 0.182 e. The van der Waals surface area contributed by atoms with Crippen molar-refractivity contribution in [3.63, 3.8) is 0 Å². The minimum absolute atomic E-state index is 0.0597. The van der Waals surface area contributed by atoms with Crippen LogP contribution in [0.5, 0.6) is 0 Å². The molecule has 1 N–H and O–H groups in total. The van der Waals surface area contributed by atoms with E-state index in [-0.39, 0.29) is 11.8 Å². The van der Waals surface area contributed by atoms with Crippen molar-refractivity contribution in [2.75, 3.05) is 13.6 Å². The molecule has 2 aromatic rings. The lowest BCUT2D eigenvalue weighted by Crippen LogP contribution is -2.32. The van der Waals surface area contributed by atoms with Crippen molar-refractivity contribution < 1.29 is 4.79 Å². The van der Waals surface area contributed by atoms with Crippen LogP contribution in [0.3, 0.4) is 0 Å². The summed E-state index contributed by atoms with van der Waals surface area (Å²) in [5, 5.41) is 1.06. The van der Waals surface area contributed by atoms with Crippen molar-refractivity contribution in [2.45, 2.75) is 25.8 Å². The number of carbonyl (C=O) groups excluding carboxylic acids is 1. The third-order valence-corrected chi connectivity index (χ3v) is 4.01. The Morgan fingerprint density at radius 3 is 3.00 bits per heavy atom. The van der Waals surface area contributed by atoms with Crippen LogP contribution in [0.2, 0.25) is 0 Å². The molecule has 0 radical (unpaired) electrons. The Morgan fingerprint density at radius 2 is 2.28 bits per heavy atom. The highest BCUT2D eigenvalue weighted by Gasteiger charge is 2.29. The number of hydrogen-bond acceptors (Lipinski definition) is 2. The quantitative estimate of drug-likeness (QED) is 0.822. The molecule has 1 aliphatic heterocycles. The molecule has 1 aromatic heterocycles. The van der Waals surface area contributed by atoms with Crippen LogP contribution in [0.15, 0.2) is 24.4 Å². The maximum Gasteiger partial charge on any atom is 0.182 e. The first-order chi connectivity index (χ1) is 8.68. The number of benzene rings is 1. The van der Waals surface area contributed by atoms with Crippen LogP contribution < -0.4 is 0 Å². The number of carbonyl (C=O) groups is 1. The molecule has 1 atom stereocenters. The number of likely N-dealkylation sites (N-methyl/N-ethyl adjacent to an activating group) is 1. The molecule has 3 heteroatoms. The van der Waals surface area contributed by atoms with E-state index in [1.54, 1.807) is 0 Å². The molecule has 2 heterocycles. The molecule has 1 saturated heterocycles. The predicted octanol–water partition coefficient (Wildman–Crippen LogP) is 2.75. The summed E-state index contributed by atoms with van der Waals surface area (Å²) in [6.45, 7) is 3.09. The van der Waals surface area contributed by atoms with Gasteiger partial charge in [-0.3, -0.25) is 9.69 Å². The molecule has 3 rings (SSSR count). The average Bonchev–Trinajstić information content (AvgIpc) is 2.95. The van der Waals surface area contributed by atoms with E-state index in [0.29, 0.717) is 0 Å². The summed E-state index contributed by atoms with van der Waals surface area (Å²) < 4.78 is 0. The van der Waals surface area contributed by atoms with Crippen LogP contribution in [0.25, 0.3) is 10.9 Å². The number of fused-ring (bicyclic) bond motifs is 1. The average molecular weight is 242 g/mol. The highest BCUT2D eigenvalue weighted by molar-refractivity contribution is 6.10. The minimum atomic E-state index is 0.0597. The summed E-state index contributed by atoms with van der Waals surface area (Å²) >= 11 is 0. The fraction of sp³-hybridized carbons (Fsp3) is 0.400. The van der Waals surface area contributed by atoms with Gasteiger partial charge in [-0.05, 0) is 38.9 Å². The van der Waals surface area contributed by atoms with Crippen molar-refractivity contribution >= 4 is 16.7 Å². The zero-order valence-electron chi connectivity index (χ0n) is 10.9. The Kier molecular flexibility index (Phi) is 2.71. The lowest BCUT2D eigenvalue weighted by atomic mass is 10.0. The van der Waals surface area contributed by atoms with E-state index in [4.69, 9.17) is 0 Å². The summed E-state index contributed by atoms with van der Waals surface area (Å²) in [7, 11) is 2.04. The number of para-hydroxylation sites is 1. The molecule has 94 valence electrons. The summed E-state index contributed by atoms with van der Waals surface area (Å²) in [5.41, 5.74) is 3.11. The number of aryl methyl sites for hydroxylation is 1. The Bertz CT molecular complexity index is 600. The summed E-state index contributed by atoms with van der Waals surface area (Å²) in [5.74, 6) is 0.256. The number of aromatic amines is 1. The second-order valence-electron chi connectivity index (χ2n) is 5.20. The van der Waals surface area contributed by atoms with Crippen molar-refractivity contribution in [3.05, 3.63) is 35.5 Å². The first-order valence-electron chi connectivity index (χ1n) is 6.49. The first-order valence-corrected chi connectivity index (χ1v) is 6.49. The predicted molar refractivity (Wildman–Crippen MR) is 73.0 cm³/mol. The third-order valence-electron chi connectivity index (χ3n) is 4.01. The summed E-state index contributed by atoms with van der Waals surface area (Å²) in [6.07, 6.45) is 3.97. The van der Waals surface area contributed by atoms with Crippen LogP contribution in [0.1, 0.15) is 28.8 Å². The summed E-state index contributed by atoms with van der Waals surface area (Å²) in [4.78, 5) is 18.0. The summed E-state index contributed by atoms with van der Waals surface area (Å²) in [6, 6.07) is 6.17. The van der Waals surface area contributed by atoms with E-state index in [2.05, 4.69) is 22.9 Å². The Labute approximate surface area is 107 Å².